The summed E-state index contributed by atoms with van der Waals surface area (Å²) in [4.78, 5) is 15.5. The van der Waals surface area contributed by atoms with Crippen molar-refractivity contribution in [2.24, 2.45) is 0 Å². The third-order valence-electron chi connectivity index (χ3n) is 3.93. The van der Waals surface area contributed by atoms with Gasteiger partial charge in [-0.1, -0.05) is 0 Å². The molecule has 4 nitrogen and oxygen atoms in total. The molecule has 2 aliphatic heterocycles. The summed E-state index contributed by atoms with van der Waals surface area (Å²) in [6, 6.07) is 2.64. The Labute approximate surface area is 123 Å². The molecule has 3 heterocycles. The fourth-order valence-electron chi connectivity index (χ4n) is 3.05. The molecule has 2 aliphatic rings. The first kappa shape index (κ1) is 14.6. The lowest BCUT2D eigenvalue weighted by Crippen LogP contribution is -2.42. The van der Waals surface area contributed by atoms with Crippen molar-refractivity contribution in [3.63, 3.8) is 0 Å². The lowest BCUT2D eigenvalue weighted by molar-refractivity contribution is 0.0682. The molecule has 0 aliphatic carbocycles. The number of hydrogen-bond acceptors (Lipinski definition) is 4. The fourth-order valence-corrected chi connectivity index (χ4v) is 3.85. The fraction of sp³-hybridized carbons (Fsp3) is 0.615. The highest BCUT2D eigenvalue weighted by Crippen LogP contribution is 2.33. The molecule has 1 aromatic rings. The van der Waals surface area contributed by atoms with Crippen molar-refractivity contribution in [1.29, 1.82) is 0 Å². The molecule has 19 heavy (non-hydrogen) atoms. The smallest absolute Gasteiger partial charge is 0.268 e. The molecular weight excluding hydrogens is 284 g/mol. The Bertz CT molecular complexity index is 438. The van der Waals surface area contributed by atoms with Gasteiger partial charge in [0.2, 0.25) is 0 Å². The Morgan fingerprint density at radius 2 is 2.21 bits per heavy atom. The van der Waals surface area contributed by atoms with E-state index in [0.29, 0.717) is 17.8 Å². The van der Waals surface area contributed by atoms with Crippen LogP contribution in [0.5, 0.6) is 5.75 Å². The molecule has 1 N–H and O–H groups in total. The third-order valence-corrected chi connectivity index (χ3v) is 4.82. The number of hydrogen-bond donors (Lipinski definition) is 1. The second-order valence-electron chi connectivity index (χ2n) is 4.91. The number of ether oxygens (including phenoxy) is 1. The number of nitrogens with one attached hydrogen (secondary N) is 1. The number of carbonyl (C=O) groups is 1. The average molecular weight is 303 g/mol. The summed E-state index contributed by atoms with van der Waals surface area (Å²) in [5.41, 5.74) is 0. The maximum absolute atomic E-state index is 12.7. The van der Waals surface area contributed by atoms with E-state index < -0.39 is 0 Å². The van der Waals surface area contributed by atoms with Gasteiger partial charge in [0.05, 0.1) is 7.11 Å². The van der Waals surface area contributed by atoms with E-state index in [0.717, 1.165) is 37.2 Å². The van der Waals surface area contributed by atoms with Gasteiger partial charge in [-0.25, -0.2) is 0 Å². The van der Waals surface area contributed by atoms with Crippen LogP contribution in [0.2, 0.25) is 0 Å². The zero-order chi connectivity index (χ0) is 12.5. The second kappa shape index (κ2) is 6.11. The Balaban J connectivity index is 0.00000133. The van der Waals surface area contributed by atoms with Crippen LogP contribution in [0.3, 0.4) is 0 Å². The maximum Gasteiger partial charge on any atom is 0.268 e. The van der Waals surface area contributed by atoms with Crippen LogP contribution in [0.1, 0.15) is 28.9 Å². The Morgan fingerprint density at radius 1 is 1.42 bits per heavy atom. The van der Waals surface area contributed by atoms with Crippen molar-refractivity contribution in [3.8, 4) is 5.75 Å². The van der Waals surface area contributed by atoms with Gasteiger partial charge >= 0.3 is 0 Å². The van der Waals surface area contributed by atoms with Crippen molar-refractivity contribution >= 4 is 29.7 Å². The number of fused-ring (bicyclic) bond motifs is 2. The van der Waals surface area contributed by atoms with Crippen LogP contribution in [0.15, 0.2) is 11.4 Å². The van der Waals surface area contributed by atoms with Crippen LogP contribution in [-0.2, 0) is 0 Å². The Hall–Kier alpha value is -0.780. The minimum absolute atomic E-state index is 0. The summed E-state index contributed by atoms with van der Waals surface area (Å²) in [5.74, 6) is 0.861. The van der Waals surface area contributed by atoms with Crippen molar-refractivity contribution in [2.45, 2.75) is 31.3 Å². The topological polar surface area (TPSA) is 41.6 Å². The quantitative estimate of drug-likeness (QED) is 0.910. The van der Waals surface area contributed by atoms with Crippen molar-refractivity contribution < 1.29 is 9.53 Å². The number of amides is 1. The van der Waals surface area contributed by atoms with Gasteiger partial charge < -0.3 is 15.0 Å². The molecule has 106 valence electrons. The molecule has 2 atom stereocenters. The minimum atomic E-state index is 0. The normalized spacial score (nSPS) is 25.6. The summed E-state index contributed by atoms with van der Waals surface area (Å²) >= 11 is 1.48. The first-order valence-corrected chi connectivity index (χ1v) is 7.34. The van der Waals surface area contributed by atoms with E-state index in [1.54, 1.807) is 7.11 Å². The maximum atomic E-state index is 12.7. The van der Waals surface area contributed by atoms with Gasteiger partial charge in [0.25, 0.3) is 5.91 Å². The van der Waals surface area contributed by atoms with Crippen LogP contribution < -0.4 is 10.1 Å². The zero-order valence-corrected chi connectivity index (χ0v) is 12.6. The van der Waals surface area contributed by atoms with Crippen LogP contribution in [0, 0.1) is 0 Å². The first-order chi connectivity index (χ1) is 8.81. The zero-order valence-electron chi connectivity index (χ0n) is 10.9. The summed E-state index contributed by atoms with van der Waals surface area (Å²) in [7, 11) is 1.62. The van der Waals surface area contributed by atoms with Gasteiger partial charge in [-0.05, 0) is 37.3 Å². The molecular formula is C13H19ClN2O2S. The first-order valence-electron chi connectivity index (χ1n) is 6.46. The van der Waals surface area contributed by atoms with E-state index in [4.69, 9.17) is 4.74 Å². The van der Waals surface area contributed by atoms with Gasteiger partial charge in [0, 0.05) is 18.6 Å². The molecule has 2 bridgehead atoms. The molecule has 2 unspecified atom stereocenters. The molecule has 3 rings (SSSR count). The highest BCUT2D eigenvalue weighted by atomic mass is 35.5. The summed E-state index contributed by atoms with van der Waals surface area (Å²) in [6.45, 7) is 1.95. The lowest BCUT2D eigenvalue weighted by Gasteiger charge is -2.27. The number of methoxy groups -OCH3 is 1. The largest absolute Gasteiger partial charge is 0.495 e. The summed E-state index contributed by atoms with van der Waals surface area (Å²) in [6.07, 6.45) is 3.33. The van der Waals surface area contributed by atoms with E-state index in [1.807, 2.05) is 11.4 Å². The van der Waals surface area contributed by atoms with Gasteiger partial charge in [0.1, 0.15) is 10.6 Å². The standard InChI is InChI=1S/C13H18N2O2S.ClH/c1-17-11-5-7-18-12(11)13(16)15-9-2-3-10(15)8-14-6-4-9;/h5,7,9-10,14H,2-4,6,8H2,1H3;1H. The summed E-state index contributed by atoms with van der Waals surface area (Å²) < 4.78 is 5.27. The van der Waals surface area contributed by atoms with Crippen LogP contribution >= 0.6 is 23.7 Å². The van der Waals surface area contributed by atoms with E-state index in [-0.39, 0.29) is 18.3 Å². The average Bonchev–Trinajstić information content (AvgIpc) is 2.91. The third kappa shape index (κ3) is 2.59. The molecule has 0 spiro atoms. The highest BCUT2D eigenvalue weighted by Gasteiger charge is 2.39. The molecule has 2 saturated heterocycles. The molecule has 1 amide bonds. The van der Waals surface area contributed by atoms with E-state index >= 15 is 0 Å². The minimum Gasteiger partial charge on any atom is -0.495 e. The molecule has 0 radical (unpaired) electrons. The van der Waals surface area contributed by atoms with Gasteiger partial charge in [0.15, 0.2) is 0 Å². The van der Waals surface area contributed by atoms with Gasteiger partial charge in [-0.2, -0.15) is 0 Å². The number of halogens is 1. The van der Waals surface area contributed by atoms with E-state index in [9.17, 15) is 4.79 Å². The highest BCUT2D eigenvalue weighted by molar-refractivity contribution is 7.12. The van der Waals surface area contributed by atoms with Crippen LogP contribution in [0.25, 0.3) is 0 Å². The molecule has 6 heteroatoms. The molecule has 2 fully saturated rings. The number of nitrogens with zero attached hydrogens (tertiary/aromatic N) is 1. The lowest BCUT2D eigenvalue weighted by atomic mass is 10.1. The SMILES string of the molecule is COc1ccsc1C(=O)N1C2CCNCC1CC2.Cl. The monoisotopic (exact) mass is 302 g/mol. The Morgan fingerprint density at radius 3 is 3.00 bits per heavy atom. The van der Waals surface area contributed by atoms with Gasteiger partial charge in [-0.3, -0.25) is 4.79 Å². The number of thiophene rings is 1. The number of carbonyl (C=O) groups excluding carboxylic acids is 1. The Kier molecular flexibility index (Phi) is 4.71. The van der Waals surface area contributed by atoms with Crippen molar-refractivity contribution in [2.75, 3.05) is 20.2 Å². The van der Waals surface area contributed by atoms with Crippen molar-refractivity contribution in [1.82, 2.24) is 10.2 Å². The molecule has 0 aromatic carbocycles. The van der Waals surface area contributed by atoms with E-state index in [1.165, 1.54) is 11.3 Å². The predicted molar refractivity (Wildman–Crippen MR) is 78.6 cm³/mol. The van der Waals surface area contributed by atoms with Crippen LogP contribution in [0.4, 0.5) is 0 Å². The van der Waals surface area contributed by atoms with E-state index in [2.05, 4.69) is 10.2 Å². The van der Waals surface area contributed by atoms with Gasteiger partial charge in [-0.15, -0.1) is 23.7 Å². The number of rotatable bonds is 2. The predicted octanol–water partition coefficient (Wildman–Crippen LogP) is 2.15. The summed E-state index contributed by atoms with van der Waals surface area (Å²) in [5, 5.41) is 5.34. The molecule has 0 saturated carbocycles. The second-order valence-corrected chi connectivity index (χ2v) is 5.82. The van der Waals surface area contributed by atoms with Crippen molar-refractivity contribution in [3.05, 3.63) is 16.3 Å². The molecule has 1 aromatic heterocycles. The van der Waals surface area contributed by atoms with Crippen LogP contribution in [-0.4, -0.2) is 43.1 Å².